The predicted octanol–water partition coefficient (Wildman–Crippen LogP) is -0.0480. The average Bonchev–Trinajstić information content (AvgIpc) is 1.97. The molecule has 0 aliphatic carbocycles. The summed E-state index contributed by atoms with van der Waals surface area (Å²) in [4.78, 5) is 0. The van der Waals surface area contributed by atoms with Gasteiger partial charge in [-0.25, -0.2) is 0 Å². The SMILES string of the molecule is Cc1cc(OC(F)(F)F)ccc1[B-](F)(F)F.[K+]. The van der Waals surface area contributed by atoms with Gasteiger partial charge in [-0.05, 0) is 19.1 Å². The Balaban J connectivity index is 0.00000256. The number of hydrogen-bond acceptors (Lipinski definition) is 1. The second-order valence-corrected chi connectivity index (χ2v) is 3.14. The van der Waals surface area contributed by atoms with E-state index in [4.69, 9.17) is 0 Å². The molecule has 0 spiro atoms. The van der Waals surface area contributed by atoms with E-state index >= 15 is 0 Å². The summed E-state index contributed by atoms with van der Waals surface area (Å²) in [5.41, 5.74) is -1.22. The molecule has 1 rings (SSSR count). The van der Waals surface area contributed by atoms with Crippen molar-refractivity contribution in [3.63, 3.8) is 0 Å². The van der Waals surface area contributed by atoms with Crippen molar-refractivity contribution < 1.29 is 82.2 Å². The summed E-state index contributed by atoms with van der Waals surface area (Å²) in [5, 5.41) is 0. The molecule has 0 fully saturated rings. The number of aryl methyl sites for hydroxylation is 1. The fourth-order valence-corrected chi connectivity index (χ4v) is 1.21. The van der Waals surface area contributed by atoms with Gasteiger partial charge in [0.2, 0.25) is 0 Å². The largest absolute Gasteiger partial charge is 1.00 e. The first-order valence-electron chi connectivity index (χ1n) is 4.16. The van der Waals surface area contributed by atoms with Crippen molar-refractivity contribution in [1.82, 2.24) is 0 Å². The number of halogens is 6. The maximum atomic E-state index is 12.3. The summed E-state index contributed by atoms with van der Waals surface area (Å²) >= 11 is 0. The van der Waals surface area contributed by atoms with E-state index < -0.39 is 24.6 Å². The van der Waals surface area contributed by atoms with Crippen molar-refractivity contribution >= 4 is 12.4 Å². The van der Waals surface area contributed by atoms with Crippen LogP contribution < -0.4 is 61.6 Å². The molecular weight excluding hydrogens is 276 g/mol. The van der Waals surface area contributed by atoms with Gasteiger partial charge >= 0.3 is 64.7 Å². The summed E-state index contributed by atoms with van der Waals surface area (Å²) < 4.78 is 75.7. The number of hydrogen-bond donors (Lipinski definition) is 0. The summed E-state index contributed by atoms with van der Waals surface area (Å²) in [5.74, 6) is -0.659. The van der Waals surface area contributed by atoms with Gasteiger partial charge in [0, 0.05) is 0 Å². The van der Waals surface area contributed by atoms with Crippen LogP contribution in [0.15, 0.2) is 18.2 Å². The van der Waals surface area contributed by atoms with Gasteiger partial charge in [0.15, 0.2) is 0 Å². The number of ether oxygens (including phenoxy) is 1. The minimum absolute atomic E-state index is 0. The molecule has 0 bridgehead atoms. The Morgan fingerprint density at radius 2 is 1.65 bits per heavy atom. The Morgan fingerprint density at radius 3 is 2.00 bits per heavy atom. The van der Waals surface area contributed by atoms with Gasteiger partial charge in [-0.1, -0.05) is 11.6 Å². The van der Waals surface area contributed by atoms with E-state index in [1.807, 2.05) is 0 Å². The van der Waals surface area contributed by atoms with Crippen LogP contribution in [0.25, 0.3) is 0 Å². The van der Waals surface area contributed by atoms with Crippen LogP contribution in [0.2, 0.25) is 0 Å². The van der Waals surface area contributed by atoms with Crippen LogP contribution in [-0.4, -0.2) is 13.3 Å². The van der Waals surface area contributed by atoms with Crippen LogP contribution in [0.5, 0.6) is 5.75 Å². The molecule has 0 atom stereocenters. The van der Waals surface area contributed by atoms with Crippen LogP contribution in [-0.2, 0) is 0 Å². The summed E-state index contributed by atoms with van der Waals surface area (Å²) in [6.07, 6.45) is -4.91. The van der Waals surface area contributed by atoms with E-state index in [1.54, 1.807) is 0 Å². The van der Waals surface area contributed by atoms with E-state index in [0.717, 1.165) is 6.92 Å². The Kier molecular flexibility index (Phi) is 6.07. The van der Waals surface area contributed by atoms with Gasteiger partial charge in [0.05, 0.1) is 0 Å². The van der Waals surface area contributed by atoms with Gasteiger partial charge < -0.3 is 17.7 Å². The van der Waals surface area contributed by atoms with Crippen molar-refractivity contribution in [1.29, 1.82) is 0 Å². The summed E-state index contributed by atoms with van der Waals surface area (Å²) in [6, 6.07) is 1.93. The molecule has 1 aromatic carbocycles. The Hall–Kier alpha value is 0.301. The quantitative estimate of drug-likeness (QED) is 0.546. The molecule has 1 nitrogen and oxygen atoms in total. The Morgan fingerprint density at radius 1 is 1.12 bits per heavy atom. The molecule has 90 valence electrons. The Labute approximate surface area is 136 Å². The molecule has 0 saturated heterocycles. The van der Waals surface area contributed by atoms with E-state index in [1.165, 1.54) is 0 Å². The first-order valence-corrected chi connectivity index (χ1v) is 4.16. The summed E-state index contributed by atoms with van der Waals surface area (Å²) in [6.45, 7) is -4.14. The molecule has 9 heteroatoms. The van der Waals surface area contributed by atoms with Gasteiger partial charge in [-0.2, -0.15) is 0 Å². The minimum atomic E-state index is -5.22. The summed E-state index contributed by atoms with van der Waals surface area (Å²) in [7, 11) is 0. The Bertz CT molecular complexity index is 389. The fourth-order valence-electron chi connectivity index (χ4n) is 1.21. The number of rotatable bonds is 2. The molecule has 0 radical (unpaired) electrons. The molecule has 0 aliphatic rings. The third-order valence-electron chi connectivity index (χ3n) is 1.83. The molecule has 0 aromatic heterocycles. The van der Waals surface area contributed by atoms with E-state index in [2.05, 4.69) is 4.74 Å². The van der Waals surface area contributed by atoms with Gasteiger partial charge in [-0.15, -0.1) is 18.6 Å². The van der Waals surface area contributed by atoms with Crippen LogP contribution in [0, 0.1) is 6.92 Å². The number of benzene rings is 1. The average molecular weight is 282 g/mol. The molecule has 0 unspecified atom stereocenters. The zero-order valence-electron chi connectivity index (χ0n) is 8.99. The van der Waals surface area contributed by atoms with Crippen molar-refractivity contribution in [2.24, 2.45) is 0 Å². The molecule has 0 amide bonds. The normalized spacial score (nSPS) is 11.9. The standard InChI is InChI=1S/C8H6BF6O.K/c1-5-4-6(16-8(10,11)12)2-3-7(5)9(13,14)15;/h2-4H,1H3;/q-1;+1. The van der Waals surface area contributed by atoms with Crippen molar-refractivity contribution in [3.8, 4) is 5.75 Å². The molecule has 0 aliphatic heterocycles. The monoisotopic (exact) mass is 282 g/mol. The van der Waals surface area contributed by atoms with E-state index in [9.17, 15) is 26.1 Å². The van der Waals surface area contributed by atoms with Crippen molar-refractivity contribution in [2.75, 3.05) is 0 Å². The second-order valence-electron chi connectivity index (χ2n) is 3.14. The van der Waals surface area contributed by atoms with Crippen LogP contribution in [0.3, 0.4) is 0 Å². The smallest absolute Gasteiger partial charge is 0.445 e. The predicted molar refractivity (Wildman–Crippen MR) is 46.6 cm³/mol. The minimum Gasteiger partial charge on any atom is -0.445 e. The molecule has 0 heterocycles. The first-order chi connectivity index (χ1) is 7.09. The molecular formula is C8H6BF6KO. The fraction of sp³-hybridized carbons (Fsp3) is 0.250. The maximum absolute atomic E-state index is 12.3. The maximum Gasteiger partial charge on any atom is 1.00 e. The van der Waals surface area contributed by atoms with Crippen molar-refractivity contribution in [3.05, 3.63) is 23.8 Å². The second kappa shape index (κ2) is 5.96. The molecule has 0 saturated carbocycles. The van der Waals surface area contributed by atoms with Crippen LogP contribution >= 0.6 is 0 Å². The third-order valence-corrected chi connectivity index (χ3v) is 1.83. The molecule has 17 heavy (non-hydrogen) atoms. The van der Waals surface area contributed by atoms with Crippen molar-refractivity contribution in [2.45, 2.75) is 13.3 Å². The topological polar surface area (TPSA) is 9.23 Å². The van der Waals surface area contributed by atoms with Gasteiger partial charge in [-0.3, -0.25) is 0 Å². The first kappa shape index (κ1) is 17.3. The zero-order chi connectivity index (χ0) is 12.6. The molecule has 1 aromatic rings. The van der Waals surface area contributed by atoms with Crippen LogP contribution in [0.4, 0.5) is 26.1 Å². The zero-order valence-corrected chi connectivity index (χ0v) is 12.1. The van der Waals surface area contributed by atoms with E-state index in [-0.39, 0.29) is 56.9 Å². The van der Waals surface area contributed by atoms with Crippen LogP contribution in [0.1, 0.15) is 5.56 Å². The number of alkyl halides is 3. The van der Waals surface area contributed by atoms with Gasteiger partial charge in [0.25, 0.3) is 0 Å². The van der Waals surface area contributed by atoms with E-state index in [0.29, 0.717) is 18.2 Å². The van der Waals surface area contributed by atoms with Gasteiger partial charge in [0.1, 0.15) is 5.75 Å². The molecule has 0 N–H and O–H groups in total. The third kappa shape index (κ3) is 5.65.